The van der Waals surface area contributed by atoms with E-state index >= 15 is 0 Å². The van der Waals surface area contributed by atoms with E-state index in [2.05, 4.69) is 4.72 Å². The highest BCUT2D eigenvalue weighted by Crippen LogP contribution is 2.25. The van der Waals surface area contributed by atoms with E-state index in [0.717, 1.165) is 11.1 Å². The summed E-state index contributed by atoms with van der Waals surface area (Å²) in [6, 6.07) is 13.8. The third-order valence-electron chi connectivity index (χ3n) is 3.48. The normalized spacial score (nSPS) is 12.8. The average molecular weight is 335 g/mol. The zero-order valence-corrected chi connectivity index (χ0v) is 14.0. The van der Waals surface area contributed by atoms with E-state index in [1.807, 2.05) is 37.3 Å². The second-order valence-electron chi connectivity index (χ2n) is 5.34. The molecule has 124 valence electrons. The van der Waals surface area contributed by atoms with Crippen LogP contribution in [0, 0.1) is 6.92 Å². The fraction of sp³-hybridized carbons (Fsp3) is 0.294. The molecule has 0 spiro atoms. The third kappa shape index (κ3) is 4.54. The van der Waals surface area contributed by atoms with Gasteiger partial charge in [-0.3, -0.25) is 0 Å². The number of aliphatic hydroxyl groups is 1. The molecule has 1 unspecified atom stereocenters. The Balaban J connectivity index is 2.24. The minimum Gasteiger partial charge on any atom is -0.495 e. The molecule has 2 rings (SSSR count). The summed E-state index contributed by atoms with van der Waals surface area (Å²) in [4.78, 5) is 0.0755. The molecule has 0 aliphatic rings. The van der Waals surface area contributed by atoms with Crippen LogP contribution in [0.4, 0.5) is 0 Å². The van der Waals surface area contributed by atoms with Gasteiger partial charge in [-0.25, -0.2) is 13.1 Å². The van der Waals surface area contributed by atoms with E-state index < -0.39 is 16.1 Å². The molecule has 23 heavy (non-hydrogen) atoms. The molecule has 2 aromatic rings. The van der Waals surface area contributed by atoms with Crippen LogP contribution < -0.4 is 9.46 Å². The number of sulfonamides is 1. The van der Waals surface area contributed by atoms with Crippen molar-refractivity contribution in [2.24, 2.45) is 0 Å². The molecule has 2 N–H and O–H groups in total. The molecule has 6 heteroatoms. The van der Waals surface area contributed by atoms with Crippen molar-refractivity contribution in [1.82, 2.24) is 4.72 Å². The highest BCUT2D eigenvalue weighted by atomic mass is 32.2. The molecular weight excluding hydrogens is 314 g/mol. The zero-order chi connectivity index (χ0) is 16.9. The minimum absolute atomic E-state index is 0.0755. The number of methoxy groups -OCH3 is 1. The van der Waals surface area contributed by atoms with Crippen LogP contribution in [0.15, 0.2) is 53.4 Å². The molecule has 0 aromatic heterocycles. The quantitative estimate of drug-likeness (QED) is 0.810. The largest absolute Gasteiger partial charge is 0.495 e. The molecule has 0 saturated carbocycles. The third-order valence-corrected chi connectivity index (χ3v) is 5.02. The van der Waals surface area contributed by atoms with E-state index in [-0.39, 0.29) is 17.3 Å². The lowest BCUT2D eigenvalue weighted by Crippen LogP contribution is -2.39. The topological polar surface area (TPSA) is 75.6 Å². The van der Waals surface area contributed by atoms with Gasteiger partial charge in [0.25, 0.3) is 0 Å². The van der Waals surface area contributed by atoms with E-state index in [1.54, 1.807) is 18.2 Å². The van der Waals surface area contributed by atoms with Crippen LogP contribution in [0.2, 0.25) is 0 Å². The van der Waals surface area contributed by atoms with Crippen molar-refractivity contribution in [3.8, 4) is 5.75 Å². The Morgan fingerprint density at radius 1 is 1.17 bits per heavy atom. The van der Waals surface area contributed by atoms with Crippen LogP contribution in [0.1, 0.15) is 11.1 Å². The summed E-state index contributed by atoms with van der Waals surface area (Å²) in [5.41, 5.74) is 1.76. The number of hydrogen-bond donors (Lipinski definition) is 2. The fourth-order valence-corrected chi connectivity index (χ4v) is 3.80. The Kier molecular flexibility index (Phi) is 5.76. The van der Waals surface area contributed by atoms with Gasteiger partial charge >= 0.3 is 0 Å². The van der Waals surface area contributed by atoms with Crippen LogP contribution in [0.5, 0.6) is 5.75 Å². The van der Waals surface area contributed by atoms with Crippen LogP contribution in [0.25, 0.3) is 0 Å². The Bertz CT molecular complexity index is 744. The second kappa shape index (κ2) is 7.59. The molecule has 0 heterocycles. The molecule has 1 atom stereocenters. The summed E-state index contributed by atoms with van der Waals surface area (Å²) < 4.78 is 32.9. The maximum atomic E-state index is 12.6. The second-order valence-corrected chi connectivity index (χ2v) is 7.03. The van der Waals surface area contributed by atoms with Gasteiger partial charge in [-0.1, -0.05) is 36.4 Å². The van der Waals surface area contributed by atoms with Crippen LogP contribution in [-0.4, -0.2) is 33.3 Å². The maximum Gasteiger partial charge on any atom is 0.244 e. The van der Waals surface area contributed by atoms with Crippen LogP contribution in [-0.2, 0) is 16.4 Å². The molecule has 2 aromatic carbocycles. The minimum atomic E-state index is -3.79. The Morgan fingerprint density at radius 2 is 1.87 bits per heavy atom. The molecule has 5 nitrogen and oxygen atoms in total. The first-order valence-corrected chi connectivity index (χ1v) is 8.76. The van der Waals surface area contributed by atoms with Crippen molar-refractivity contribution >= 4 is 10.0 Å². The Labute approximate surface area is 137 Å². The lowest BCUT2D eigenvalue weighted by Gasteiger charge is -2.18. The monoisotopic (exact) mass is 335 g/mol. The number of aliphatic hydroxyl groups excluding tert-OH is 1. The van der Waals surface area contributed by atoms with Gasteiger partial charge in [0.2, 0.25) is 10.0 Å². The zero-order valence-electron chi connectivity index (χ0n) is 13.2. The summed E-state index contributed by atoms with van der Waals surface area (Å²) in [7, 11) is -2.36. The molecule has 0 amide bonds. The predicted molar refractivity (Wildman–Crippen MR) is 89.1 cm³/mol. The lowest BCUT2D eigenvalue weighted by atomic mass is 10.1. The smallest absolute Gasteiger partial charge is 0.244 e. The first kappa shape index (κ1) is 17.5. The molecule has 0 aliphatic heterocycles. The number of ether oxygens (including phenoxy) is 1. The molecule has 0 aliphatic carbocycles. The molecule has 0 fully saturated rings. The molecule has 0 radical (unpaired) electrons. The maximum absolute atomic E-state index is 12.6. The number of benzene rings is 2. The van der Waals surface area contributed by atoms with Crippen LogP contribution >= 0.6 is 0 Å². The summed E-state index contributed by atoms with van der Waals surface area (Å²) in [6.07, 6.45) is 0.407. The first-order valence-electron chi connectivity index (χ1n) is 7.28. The lowest BCUT2D eigenvalue weighted by molar-refractivity contribution is 0.256. The van der Waals surface area contributed by atoms with Crippen molar-refractivity contribution in [2.45, 2.75) is 24.3 Å². The SMILES string of the molecule is COc1ccc(C)cc1S(=O)(=O)NC(CO)Cc1ccccc1. The summed E-state index contributed by atoms with van der Waals surface area (Å²) in [5, 5.41) is 9.52. The Hall–Kier alpha value is -1.89. The van der Waals surface area contributed by atoms with E-state index in [9.17, 15) is 13.5 Å². The van der Waals surface area contributed by atoms with Crippen molar-refractivity contribution in [3.63, 3.8) is 0 Å². The van der Waals surface area contributed by atoms with Crippen molar-refractivity contribution in [2.75, 3.05) is 13.7 Å². The molecular formula is C17H21NO4S. The van der Waals surface area contributed by atoms with Gasteiger partial charge < -0.3 is 9.84 Å². The first-order chi connectivity index (χ1) is 11.0. The average Bonchev–Trinajstić information content (AvgIpc) is 2.55. The number of aryl methyl sites for hydroxylation is 1. The van der Waals surface area contributed by atoms with Gasteiger partial charge in [0.05, 0.1) is 13.7 Å². The van der Waals surface area contributed by atoms with Gasteiger partial charge in [0.15, 0.2) is 0 Å². The van der Waals surface area contributed by atoms with Gasteiger partial charge in [-0.2, -0.15) is 0 Å². The van der Waals surface area contributed by atoms with Crippen molar-refractivity contribution < 1.29 is 18.3 Å². The van der Waals surface area contributed by atoms with E-state index in [0.29, 0.717) is 6.42 Å². The van der Waals surface area contributed by atoms with E-state index in [1.165, 1.54) is 7.11 Å². The Morgan fingerprint density at radius 3 is 2.48 bits per heavy atom. The number of hydrogen-bond acceptors (Lipinski definition) is 4. The van der Waals surface area contributed by atoms with Crippen molar-refractivity contribution in [1.29, 1.82) is 0 Å². The van der Waals surface area contributed by atoms with Crippen molar-refractivity contribution in [3.05, 3.63) is 59.7 Å². The summed E-state index contributed by atoms with van der Waals surface area (Å²) >= 11 is 0. The fourth-order valence-electron chi connectivity index (χ4n) is 2.32. The highest BCUT2D eigenvalue weighted by Gasteiger charge is 2.23. The van der Waals surface area contributed by atoms with Gasteiger partial charge in [-0.15, -0.1) is 0 Å². The molecule has 0 bridgehead atoms. The van der Waals surface area contributed by atoms with Crippen LogP contribution in [0.3, 0.4) is 0 Å². The van der Waals surface area contributed by atoms with Gasteiger partial charge in [0.1, 0.15) is 10.6 Å². The van der Waals surface area contributed by atoms with Gasteiger partial charge in [0, 0.05) is 6.04 Å². The standard InChI is InChI=1S/C17H21NO4S/c1-13-8-9-16(22-2)17(10-13)23(20,21)18-15(12-19)11-14-6-4-3-5-7-14/h3-10,15,18-19H,11-12H2,1-2H3. The highest BCUT2D eigenvalue weighted by molar-refractivity contribution is 7.89. The molecule has 0 saturated heterocycles. The summed E-state index contributed by atoms with van der Waals surface area (Å²) in [5.74, 6) is 0.277. The number of rotatable bonds is 7. The summed E-state index contributed by atoms with van der Waals surface area (Å²) in [6.45, 7) is 1.52. The number of nitrogens with one attached hydrogen (secondary N) is 1. The van der Waals surface area contributed by atoms with E-state index in [4.69, 9.17) is 4.74 Å². The predicted octanol–water partition coefficient (Wildman–Crippen LogP) is 1.89. The van der Waals surface area contributed by atoms with Gasteiger partial charge in [-0.05, 0) is 36.6 Å².